The number of aliphatic hydroxyl groups is 1. The largest absolute Gasteiger partial charge is 0.418 e. The van der Waals surface area contributed by atoms with E-state index in [0.29, 0.717) is 0 Å². The van der Waals surface area contributed by atoms with Gasteiger partial charge in [-0.25, -0.2) is 4.79 Å². The number of para-hydroxylation sites is 1. The highest BCUT2D eigenvalue weighted by molar-refractivity contribution is 5.90. The molecule has 1 saturated carbocycles. The third-order valence-electron chi connectivity index (χ3n) is 4.09. The minimum absolute atomic E-state index is 0.0334. The number of urea groups is 1. The summed E-state index contributed by atoms with van der Waals surface area (Å²) in [6, 6.07) is 4.27. The highest BCUT2D eigenvalue weighted by Crippen LogP contribution is 2.35. The van der Waals surface area contributed by atoms with Crippen LogP contribution in [0.25, 0.3) is 0 Å². The molecule has 0 saturated heterocycles. The molecular formula is C16H21F3N2O2. The van der Waals surface area contributed by atoms with Gasteiger partial charge in [-0.05, 0) is 25.0 Å². The zero-order valence-electron chi connectivity index (χ0n) is 12.8. The molecule has 0 radical (unpaired) electrons. The van der Waals surface area contributed by atoms with Crippen LogP contribution in [-0.4, -0.2) is 35.2 Å². The fourth-order valence-electron chi connectivity index (χ4n) is 2.98. The molecule has 7 heteroatoms. The first kappa shape index (κ1) is 17.6. The quantitative estimate of drug-likeness (QED) is 0.881. The molecule has 0 heterocycles. The van der Waals surface area contributed by atoms with E-state index in [2.05, 4.69) is 5.32 Å². The molecule has 128 valence electrons. The van der Waals surface area contributed by atoms with E-state index in [1.807, 2.05) is 0 Å². The van der Waals surface area contributed by atoms with Crippen molar-refractivity contribution < 1.29 is 23.1 Å². The van der Waals surface area contributed by atoms with E-state index in [1.165, 1.54) is 23.1 Å². The Bertz CT molecular complexity index is 528. The summed E-state index contributed by atoms with van der Waals surface area (Å²) in [5.74, 6) is 0. The highest BCUT2D eigenvalue weighted by Gasteiger charge is 2.34. The van der Waals surface area contributed by atoms with Gasteiger partial charge < -0.3 is 15.3 Å². The van der Waals surface area contributed by atoms with Crippen LogP contribution in [0.1, 0.15) is 37.7 Å². The van der Waals surface area contributed by atoms with E-state index in [1.54, 1.807) is 0 Å². The van der Waals surface area contributed by atoms with Crippen molar-refractivity contribution in [1.29, 1.82) is 0 Å². The summed E-state index contributed by atoms with van der Waals surface area (Å²) in [6.07, 6.45) is 0.166. The maximum absolute atomic E-state index is 13.0. The predicted octanol–water partition coefficient (Wildman–Crippen LogP) is 3.86. The van der Waals surface area contributed by atoms with Gasteiger partial charge in [0.05, 0.1) is 17.9 Å². The van der Waals surface area contributed by atoms with Crippen molar-refractivity contribution in [1.82, 2.24) is 4.90 Å². The summed E-state index contributed by atoms with van der Waals surface area (Å²) in [4.78, 5) is 13.9. The van der Waals surface area contributed by atoms with E-state index < -0.39 is 17.8 Å². The lowest BCUT2D eigenvalue weighted by molar-refractivity contribution is -0.136. The molecule has 0 bridgehead atoms. The molecule has 0 spiro atoms. The van der Waals surface area contributed by atoms with Gasteiger partial charge in [-0.15, -0.1) is 0 Å². The molecule has 2 N–H and O–H groups in total. The lowest BCUT2D eigenvalue weighted by Crippen LogP contribution is -2.45. The van der Waals surface area contributed by atoms with Crippen molar-refractivity contribution >= 4 is 11.7 Å². The number of hydrogen-bond acceptors (Lipinski definition) is 2. The Morgan fingerprint density at radius 1 is 1.22 bits per heavy atom. The van der Waals surface area contributed by atoms with Gasteiger partial charge in [0.15, 0.2) is 0 Å². The van der Waals surface area contributed by atoms with Gasteiger partial charge in [0.25, 0.3) is 0 Å². The summed E-state index contributed by atoms with van der Waals surface area (Å²) in [7, 11) is 0. The maximum Gasteiger partial charge on any atom is 0.418 e. The summed E-state index contributed by atoms with van der Waals surface area (Å²) in [5.41, 5.74) is -1.13. The fourth-order valence-corrected chi connectivity index (χ4v) is 2.98. The van der Waals surface area contributed by atoms with E-state index in [-0.39, 0.29) is 24.9 Å². The van der Waals surface area contributed by atoms with Crippen molar-refractivity contribution in [3.8, 4) is 0 Å². The lowest BCUT2D eigenvalue weighted by atomic mass is 9.94. The van der Waals surface area contributed by atoms with E-state index in [0.717, 1.165) is 38.2 Å². The molecule has 0 aliphatic heterocycles. The standard InChI is InChI=1S/C16H21F3N2O2/c17-16(18,19)13-8-4-5-9-14(13)20-15(23)21(10-11-22)12-6-2-1-3-7-12/h4-5,8-9,12,22H,1-3,6-7,10-11H2,(H,20,23). The number of carbonyl (C=O) groups excluding carboxylic acids is 1. The second kappa shape index (κ2) is 7.68. The van der Waals surface area contributed by atoms with Gasteiger partial charge in [-0.1, -0.05) is 31.4 Å². The van der Waals surface area contributed by atoms with Gasteiger partial charge in [0, 0.05) is 12.6 Å². The summed E-state index contributed by atoms with van der Waals surface area (Å²) in [5, 5.41) is 11.5. The van der Waals surface area contributed by atoms with Gasteiger partial charge in [0.2, 0.25) is 0 Å². The number of rotatable bonds is 4. The Morgan fingerprint density at radius 2 is 1.87 bits per heavy atom. The third-order valence-corrected chi connectivity index (χ3v) is 4.09. The minimum Gasteiger partial charge on any atom is -0.395 e. The third kappa shape index (κ3) is 4.60. The molecule has 2 rings (SSSR count). The normalized spacial score (nSPS) is 16.2. The fraction of sp³-hybridized carbons (Fsp3) is 0.562. The molecule has 1 aliphatic rings. The smallest absolute Gasteiger partial charge is 0.395 e. The van der Waals surface area contributed by atoms with E-state index >= 15 is 0 Å². The molecule has 23 heavy (non-hydrogen) atoms. The SMILES string of the molecule is O=C(Nc1ccccc1C(F)(F)F)N(CCO)C1CCCCC1. The van der Waals surface area contributed by atoms with Crippen LogP contribution in [0.4, 0.5) is 23.7 Å². The number of benzene rings is 1. The average Bonchev–Trinajstić information content (AvgIpc) is 2.53. The number of amides is 2. The zero-order chi connectivity index (χ0) is 16.9. The number of alkyl halides is 3. The molecule has 4 nitrogen and oxygen atoms in total. The van der Waals surface area contributed by atoms with Crippen LogP contribution in [0.2, 0.25) is 0 Å². The van der Waals surface area contributed by atoms with Crippen molar-refractivity contribution in [3.63, 3.8) is 0 Å². The molecule has 1 aromatic carbocycles. The Labute approximate surface area is 133 Å². The number of hydrogen-bond donors (Lipinski definition) is 2. The maximum atomic E-state index is 13.0. The second-order valence-electron chi connectivity index (χ2n) is 5.68. The van der Waals surface area contributed by atoms with Crippen LogP contribution < -0.4 is 5.32 Å². The molecule has 1 fully saturated rings. The number of nitrogens with one attached hydrogen (secondary N) is 1. The molecular weight excluding hydrogens is 309 g/mol. The van der Waals surface area contributed by atoms with Crippen molar-refractivity contribution in [2.24, 2.45) is 0 Å². The summed E-state index contributed by atoms with van der Waals surface area (Å²) in [6.45, 7) is -0.102. The monoisotopic (exact) mass is 330 g/mol. The van der Waals surface area contributed by atoms with Crippen LogP contribution in [0.3, 0.4) is 0 Å². The van der Waals surface area contributed by atoms with Crippen molar-refractivity contribution in [2.75, 3.05) is 18.5 Å². The van der Waals surface area contributed by atoms with Gasteiger partial charge in [-0.3, -0.25) is 0 Å². The lowest BCUT2D eigenvalue weighted by Gasteiger charge is -2.34. The Hall–Kier alpha value is -1.76. The Morgan fingerprint density at radius 3 is 2.48 bits per heavy atom. The highest BCUT2D eigenvalue weighted by atomic mass is 19.4. The van der Waals surface area contributed by atoms with Crippen molar-refractivity contribution in [2.45, 2.75) is 44.3 Å². The zero-order valence-corrected chi connectivity index (χ0v) is 12.8. The second-order valence-corrected chi connectivity index (χ2v) is 5.68. The van der Waals surface area contributed by atoms with E-state index in [4.69, 9.17) is 5.11 Å². The number of anilines is 1. The first-order valence-corrected chi connectivity index (χ1v) is 7.78. The number of halogens is 3. The van der Waals surface area contributed by atoms with Crippen LogP contribution in [0.5, 0.6) is 0 Å². The predicted molar refractivity (Wildman–Crippen MR) is 81.1 cm³/mol. The minimum atomic E-state index is -4.53. The van der Waals surface area contributed by atoms with Crippen LogP contribution in [-0.2, 0) is 6.18 Å². The molecule has 1 aromatic rings. The van der Waals surface area contributed by atoms with Gasteiger partial charge >= 0.3 is 12.2 Å². The Kier molecular flexibility index (Phi) is 5.87. The van der Waals surface area contributed by atoms with Gasteiger partial charge in [0.1, 0.15) is 0 Å². The first-order chi connectivity index (χ1) is 10.9. The van der Waals surface area contributed by atoms with Crippen LogP contribution >= 0.6 is 0 Å². The molecule has 0 unspecified atom stereocenters. The summed E-state index contributed by atoms with van der Waals surface area (Å²) >= 11 is 0. The Balaban J connectivity index is 2.15. The molecule has 2 amide bonds. The molecule has 1 aliphatic carbocycles. The van der Waals surface area contributed by atoms with Crippen LogP contribution in [0.15, 0.2) is 24.3 Å². The number of nitrogens with zero attached hydrogens (tertiary/aromatic N) is 1. The van der Waals surface area contributed by atoms with E-state index in [9.17, 15) is 18.0 Å². The van der Waals surface area contributed by atoms with Gasteiger partial charge in [-0.2, -0.15) is 13.2 Å². The van der Waals surface area contributed by atoms with Crippen molar-refractivity contribution in [3.05, 3.63) is 29.8 Å². The number of aliphatic hydroxyl groups excluding tert-OH is 1. The first-order valence-electron chi connectivity index (χ1n) is 7.78. The molecule has 0 atom stereocenters. The van der Waals surface area contributed by atoms with Crippen LogP contribution in [0, 0.1) is 0 Å². The topological polar surface area (TPSA) is 52.6 Å². The molecule has 0 aromatic heterocycles. The number of carbonyl (C=O) groups is 1. The summed E-state index contributed by atoms with van der Waals surface area (Å²) < 4.78 is 39.0. The average molecular weight is 330 g/mol.